The van der Waals surface area contributed by atoms with Crippen molar-refractivity contribution in [1.29, 1.82) is 0 Å². The smallest absolute Gasteiger partial charge is 0.123 e. The Hall–Kier alpha value is -2.42. The van der Waals surface area contributed by atoms with E-state index in [0.717, 1.165) is 30.8 Å². The maximum absolute atomic E-state index is 6.00. The Labute approximate surface area is 130 Å². The fourth-order valence-electron chi connectivity index (χ4n) is 3.68. The van der Waals surface area contributed by atoms with Crippen LogP contribution < -0.4 is 10.5 Å². The summed E-state index contributed by atoms with van der Waals surface area (Å²) >= 11 is 0. The number of ether oxygens (including phenoxy) is 1. The number of nitrogens with two attached hydrogens (primary N) is 1. The Morgan fingerprint density at radius 1 is 1.14 bits per heavy atom. The number of methoxy groups -OCH3 is 1. The van der Waals surface area contributed by atoms with E-state index in [1.807, 2.05) is 18.2 Å². The summed E-state index contributed by atoms with van der Waals surface area (Å²) < 4.78 is 7.95. The highest BCUT2D eigenvalue weighted by molar-refractivity contribution is 5.89. The number of rotatable bonds is 3. The van der Waals surface area contributed by atoms with Gasteiger partial charge in [0.25, 0.3) is 0 Å². The zero-order valence-electron chi connectivity index (χ0n) is 12.8. The quantitative estimate of drug-likeness (QED) is 0.746. The van der Waals surface area contributed by atoms with Crippen LogP contribution in [0.15, 0.2) is 42.5 Å². The second kappa shape index (κ2) is 5.09. The monoisotopic (exact) mass is 292 g/mol. The molecule has 0 saturated carbocycles. The molecule has 0 fully saturated rings. The second-order valence-corrected chi connectivity index (χ2v) is 5.95. The number of anilines is 1. The van der Waals surface area contributed by atoms with Crippen LogP contribution in [0.1, 0.15) is 23.2 Å². The summed E-state index contributed by atoms with van der Waals surface area (Å²) in [5.41, 5.74) is 12.3. The summed E-state index contributed by atoms with van der Waals surface area (Å²) in [5, 5.41) is 1.32. The van der Waals surface area contributed by atoms with Crippen LogP contribution in [0.25, 0.3) is 10.9 Å². The fraction of sp³-hybridized carbons (Fsp3) is 0.263. The second-order valence-electron chi connectivity index (χ2n) is 5.95. The number of hydrogen-bond acceptors (Lipinski definition) is 2. The molecule has 0 radical (unpaired) electrons. The van der Waals surface area contributed by atoms with Crippen molar-refractivity contribution in [3.8, 4) is 5.75 Å². The number of nitrogens with zero attached hydrogens (tertiary/aromatic N) is 1. The normalized spacial score (nSPS) is 13.5. The molecular formula is C19H20N2O. The van der Waals surface area contributed by atoms with Gasteiger partial charge in [-0.2, -0.15) is 0 Å². The highest BCUT2D eigenvalue weighted by Gasteiger charge is 2.22. The first-order chi connectivity index (χ1) is 10.8. The molecule has 3 heteroatoms. The van der Waals surface area contributed by atoms with E-state index in [2.05, 4.69) is 28.8 Å². The van der Waals surface area contributed by atoms with Crippen molar-refractivity contribution in [1.82, 2.24) is 4.57 Å². The van der Waals surface area contributed by atoms with E-state index in [1.165, 1.54) is 34.1 Å². The van der Waals surface area contributed by atoms with Crippen molar-refractivity contribution in [2.75, 3.05) is 12.8 Å². The number of nitrogen functional groups attached to an aromatic ring is 1. The van der Waals surface area contributed by atoms with E-state index < -0.39 is 0 Å². The topological polar surface area (TPSA) is 40.2 Å². The van der Waals surface area contributed by atoms with E-state index >= 15 is 0 Å². The van der Waals surface area contributed by atoms with Gasteiger partial charge in [0, 0.05) is 27.8 Å². The van der Waals surface area contributed by atoms with Gasteiger partial charge in [0.2, 0.25) is 0 Å². The predicted octanol–water partition coefficient (Wildman–Crippen LogP) is 3.77. The van der Waals surface area contributed by atoms with Crippen molar-refractivity contribution >= 4 is 16.6 Å². The number of benzene rings is 2. The number of aryl methyl sites for hydroxylation is 1. The molecule has 0 aliphatic heterocycles. The van der Waals surface area contributed by atoms with Crippen molar-refractivity contribution in [2.45, 2.75) is 25.8 Å². The molecule has 1 aromatic heterocycles. The Morgan fingerprint density at radius 2 is 2.00 bits per heavy atom. The van der Waals surface area contributed by atoms with E-state index in [1.54, 1.807) is 7.11 Å². The zero-order chi connectivity index (χ0) is 15.1. The highest BCUT2D eigenvalue weighted by atomic mass is 16.5. The predicted molar refractivity (Wildman–Crippen MR) is 90.5 cm³/mol. The largest absolute Gasteiger partial charge is 0.496 e. The molecule has 1 aliphatic rings. The van der Waals surface area contributed by atoms with Crippen LogP contribution in [0.5, 0.6) is 5.75 Å². The third kappa shape index (κ3) is 1.97. The Kier molecular flexibility index (Phi) is 3.07. The molecule has 0 spiro atoms. The molecule has 22 heavy (non-hydrogen) atoms. The summed E-state index contributed by atoms with van der Waals surface area (Å²) in [6.45, 7) is 0.847. The van der Waals surface area contributed by atoms with Gasteiger partial charge in [-0.3, -0.25) is 0 Å². The molecular weight excluding hydrogens is 272 g/mol. The molecule has 0 amide bonds. The Morgan fingerprint density at radius 3 is 2.86 bits per heavy atom. The van der Waals surface area contributed by atoms with Gasteiger partial charge in [0.15, 0.2) is 0 Å². The van der Waals surface area contributed by atoms with Crippen molar-refractivity contribution in [3.05, 3.63) is 59.3 Å². The average molecular weight is 292 g/mol. The molecule has 0 unspecified atom stereocenters. The molecule has 2 aromatic carbocycles. The van der Waals surface area contributed by atoms with Gasteiger partial charge < -0.3 is 15.0 Å². The van der Waals surface area contributed by atoms with Crippen LogP contribution in [0.4, 0.5) is 5.69 Å². The van der Waals surface area contributed by atoms with Crippen LogP contribution in [-0.2, 0) is 19.4 Å². The zero-order valence-corrected chi connectivity index (χ0v) is 12.8. The third-order valence-corrected chi connectivity index (χ3v) is 4.67. The maximum Gasteiger partial charge on any atom is 0.123 e. The van der Waals surface area contributed by atoms with Gasteiger partial charge in [-0.05, 0) is 49.1 Å². The van der Waals surface area contributed by atoms with Gasteiger partial charge in [-0.1, -0.05) is 18.2 Å². The van der Waals surface area contributed by atoms with Gasteiger partial charge in [0.05, 0.1) is 13.7 Å². The first-order valence-corrected chi connectivity index (χ1v) is 7.79. The number of para-hydroxylation sites is 1. The van der Waals surface area contributed by atoms with Crippen LogP contribution in [0.2, 0.25) is 0 Å². The molecule has 112 valence electrons. The standard InChI is InChI=1S/C19H20N2O/c1-22-19-8-3-2-5-13(19)12-21-17-7-4-6-15(17)16-11-14(20)9-10-18(16)21/h2-3,5,8-11H,4,6-7,12,20H2,1H3. The first kappa shape index (κ1) is 13.3. The lowest BCUT2D eigenvalue weighted by Gasteiger charge is -2.13. The van der Waals surface area contributed by atoms with Crippen molar-refractivity contribution < 1.29 is 4.74 Å². The van der Waals surface area contributed by atoms with E-state index in [4.69, 9.17) is 10.5 Å². The number of hydrogen-bond donors (Lipinski definition) is 1. The third-order valence-electron chi connectivity index (χ3n) is 4.67. The fourth-order valence-corrected chi connectivity index (χ4v) is 3.68. The molecule has 3 nitrogen and oxygen atoms in total. The molecule has 2 N–H and O–H groups in total. The molecule has 3 aromatic rings. The molecule has 1 aliphatic carbocycles. The summed E-state index contributed by atoms with van der Waals surface area (Å²) in [7, 11) is 1.73. The molecule has 1 heterocycles. The summed E-state index contributed by atoms with van der Waals surface area (Å²) in [6, 6.07) is 14.5. The SMILES string of the molecule is COc1ccccc1Cn1c2c(c3cc(N)ccc31)CCC2. The average Bonchev–Trinajstić information content (AvgIpc) is 3.11. The molecule has 0 bridgehead atoms. The van der Waals surface area contributed by atoms with Crippen LogP contribution in [0, 0.1) is 0 Å². The molecule has 0 atom stereocenters. The van der Waals surface area contributed by atoms with Gasteiger partial charge in [-0.25, -0.2) is 0 Å². The van der Waals surface area contributed by atoms with Crippen LogP contribution in [-0.4, -0.2) is 11.7 Å². The van der Waals surface area contributed by atoms with E-state index in [0.29, 0.717) is 0 Å². The van der Waals surface area contributed by atoms with E-state index in [-0.39, 0.29) is 0 Å². The molecule has 4 rings (SSSR count). The van der Waals surface area contributed by atoms with E-state index in [9.17, 15) is 0 Å². The summed E-state index contributed by atoms with van der Waals surface area (Å²) in [4.78, 5) is 0. The van der Waals surface area contributed by atoms with Gasteiger partial charge in [0.1, 0.15) is 5.75 Å². The van der Waals surface area contributed by atoms with Gasteiger partial charge >= 0.3 is 0 Å². The minimum Gasteiger partial charge on any atom is -0.496 e. The first-order valence-electron chi connectivity index (χ1n) is 7.79. The Balaban J connectivity index is 1.88. The number of fused-ring (bicyclic) bond motifs is 3. The summed E-state index contributed by atoms with van der Waals surface area (Å²) in [5.74, 6) is 0.951. The summed E-state index contributed by atoms with van der Waals surface area (Å²) in [6.07, 6.45) is 3.55. The molecule has 0 saturated heterocycles. The lowest BCUT2D eigenvalue weighted by atomic mass is 10.1. The van der Waals surface area contributed by atoms with Gasteiger partial charge in [-0.15, -0.1) is 0 Å². The maximum atomic E-state index is 6.00. The number of aromatic nitrogens is 1. The lowest BCUT2D eigenvalue weighted by Crippen LogP contribution is -2.05. The minimum atomic E-state index is 0.844. The van der Waals surface area contributed by atoms with Crippen molar-refractivity contribution in [3.63, 3.8) is 0 Å². The Bertz CT molecular complexity index is 848. The minimum absolute atomic E-state index is 0.844. The highest BCUT2D eigenvalue weighted by Crippen LogP contribution is 2.35. The van der Waals surface area contributed by atoms with Crippen molar-refractivity contribution in [2.24, 2.45) is 0 Å². The van der Waals surface area contributed by atoms with Crippen LogP contribution in [0.3, 0.4) is 0 Å². The van der Waals surface area contributed by atoms with Crippen LogP contribution >= 0.6 is 0 Å². The lowest BCUT2D eigenvalue weighted by molar-refractivity contribution is 0.408.